The molecule has 1 aromatic heterocycles. The summed E-state index contributed by atoms with van der Waals surface area (Å²) in [6.45, 7) is 5.26. The summed E-state index contributed by atoms with van der Waals surface area (Å²) in [4.78, 5) is 39.1. The Bertz CT molecular complexity index is 1260. The Balaban J connectivity index is 1.43. The van der Waals surface area contributed by atoms with Crippen LogP contribution in [0.2, 0.25) is 0 Å². The molecular weight excluding hydrogens is 493 g/mol. The van der Waals surface area contributed by atoms with Gasteiger partial charge in [0.25, 0.3) is 0 Å². The lowest BCUT2D eigenvalue weighted by Gasteiger charge is -2.35. The Morgan fingerprint density at radius 1 is 1.26 bits per heavy atom. The maximum atomic E-state index is 15.0. The third-order valence-corrected chi connectivity index (χ3v) is 6.89. The SMILES string of the molecule is COC(=O)Cn1cc(-c2ccc(C[C@@H](C#N)NC(=O)[C@@H]3[C@H]4CC[C@H](C4)N3C(=O)OC(C)(C)C)c(F)c2)cn1. The number of nitriles is 1. The molecule has 1 saturated heterocycles. The molecule has 2 bridgehead atoms. The average Bonchev–Trinajstić information content (AvgIpc) is 3.60. The fourth-order valence-corrected chi connectivity index (χ4v) is 5.20. The van der Waals surface area contributed by atoms with E-state index in [0.717, 1.165) is 19.3 Å². The second-order valence-electron chi connectivity index (χ2n) is 10.8. The Hall–Kier alpha value is -3.94. The number of benzene rings is 1. The van der Waals surface area contributed by atoms with Gasteiger partial charge in [0.2, 0.25) is 5.91 Å². The molecule has 1 aromatic carbocycles. The number of piperidine rings is 1. The molecule has 38 heavy (non-hydrogen) atoms. The topological polar surface area (TPSA) is 127 Å². The number of amides is 2. The lowest BCUT2D eigenvalue weighted by Crippen LogP contribution is -2.55. The van der Waals surface area contributed by atoms with Gasteiger partial charge >= 0.3 is 12.1 Å². The highest BCUT2D eigenvalue weighted by Gasteiger charge is 2.52. The number of aromatic nitrogens is 2. The predicted octanol–water partition coefficient (Wildman–Crippen LogP) is 3.20. The van der Waals surface area contributed by atoms with E-state index in [-0.39, 0.29) is 30.5 Å². The van der Waals surface area contributed by atoms with E-state index in [0.29, 0.717) is 11.1 Å². The van der Waals surface area contributed by atoms with Gasteiger partial charge in [-0.15, -0.1) is 0 Å². The van der Waals surface area contributed by atoms with Crippen LogP contribution in [0.3, 0.4) is 0 Å². The number of carbonyl (C=O) groups excluding carboxylic acids is 3. The number of rotatable bonds is 7. The van der Waals surface area contributed by atoms with Crippen molar-refractivity contribution in [3.63, 3.8) is 0 Å². The van der Waals surface area contributed by atoms with Gasteiger partial charge in [-0.3, -0.25) is 19.2 Å². The van der Waals surface area contributed by atoms with Gasteiger partial charge in [0, 0.05) is 24.2 Å². The lowest BCUT2D eigenvalue weighted by atomic mass is 9.97. The van der Waals surface area contributed by atoms with E-state index in [9.17, 15) is 24.0 Å². The number of fused-ring (bicyclic) bond motifs is 2. The average molecular weight is 526 g/mol. The molecule has 2 heterocycles. The normalized spacial score (nSPS) is 21.1. The van der Waals surface area contributed by atoms with E-state index >= 15 is 0 Å². The number of methoxy groups -OCH3 is 1. The van der Waals surface area contributed by atoms with Crippen molar-refractivity contribution >= 4 is 18.0 Å². The maximum absolute atomic E-state index is 15.0. The van der Waals surface area contributed by atoms with Crippen molar-refractivity contribution in [2.45, 2.75) is 76.7 Å². The van der Waals surface area contributed by atoms with Crippen molar-refractivity contribution in [3.8, 4) is 17.2 Å². The minimum atomic E-state index is -0.981. The Morgan fingerprint density at radius 3 is 2.68 bits per heavy atom. The fourth-order valence-electron chi connectivity index (χ4n) is 5.20. The van der Waals surface area contributed by atoms with Crippen LogP contribution in [-0.4, -0.2) is 63.5 Å². The summed E-state index contributed by atoms with van der Waals surface area (Å²) in [5.41, 5.74) is 0.733. The Labute approximate surface area is 220 Å². The Morgan fingerprint density at radius 2 is 2.03 bits per heavy atom. The van der Waals surface area contributed by atoms with E-state index in [1.165, 1.54) is 29.0 Å². The molecule has 10 nitrogen and oxygen atoms in total. The zero-order valence-electron chi connectivity index (χ0n) is 21.9. The van der Waals surface area contributed by atoms with Gasteiger partial charge in [0.05, 0.1) is 19.4 Å². The first-order chi connectivity index (χ1) is 18.0. The lowest BCUT2D eigenvalue weighted by molar-refractivity contribution is -0.141. The third-order valence-electron chi connectivity index (χ3n) is 6.89. The molecule has 4 atom stereocenters. The first-order valence-corrected chi connectivity index (χ1v) is 12.6. The molecule has 0 spiro atoms. The van der Waals surface area contributed by atoms with E-state index in [2.05, 4.69) is 15.2 Å². The van der Waals surface area contributed by atoms with Crippen molar-refractivity contribution in [3.05, 3.63) is 42.0 Å². The van der Waals surface area contributed by atoms with Gasteiger partial charge in [-0.25, -0.2) is 9.18 Å². The molecule has 1 aliphatic carbocycles. The molecule has 2 aliphatic rings. The molecule has 1 saturated carbocycles. The molecule has 202 valence electrons. The van der Waals surface area contributed by atoms with Crippen molar-refractivity contribution in [2.24, 2.45) is 5.92 Å². The van der Waals surface area contributed by atoms with Crippen LogP contribution in [0.25, 0.3) is 11.1 Å². The second kappa shape index (κ2) is 10.8. The number of hydrogen-bond donors (Lipinski definition) is 1. The molecule has 2 amide bonds. The largest absolute Gasteiger partial charge is 0.468 e. The van der Waals surface area contributed by atoms with Gasteiger partial charge in [-0.05, 0) is 63.1 Å². The Kier molecular flexibility index (Phi) is 7.71. The van der Waals surface area contributed by atoms with Gasteiger partial charge in [0.1, 0.15) is 30.0 Å². The number of likely N-dealkylation sites (tertiary alicyclic amines) is 1. The summed E-state index contributed by atoms with van der Waals surface area (Å²) in [6, 6.07) is 4.86. The molecule has 4 rings (SSSR count). The van der Waals surface area contributed by atoms with Crippen LogP contribution < -0.4 is 5.32 Å². The van der Waals surface area contributed by atoms with Crippen LogP contribution in [-0.2, 0) is 32.0 Å². The van der Waals surface area contributed by atoms with E-state index in [4.69, 9.17) is 4.74 Å². The van der Waals surface area contributed by atoms with E-state index in [1.807, 2.05) is 6.07 Å². The number of ether oxygens (including phenoxy) is 2. The highest BCUT2D eigenvalue weighted by atomic mass is 19.1. The number of carbonyl (C=O) groups is 3. The van der Waals surface area contributed by atoms with Gasteiger partial charge in [-0.2, -0.15) is 10.4 Å². The van der Waals surface area contributed by atoms with Gasteiger partial charge in [-0.1, -0.05) is 12.1 Å². The first-order valence-electron chi connectivity index (χ1n) is 12.6. The van der Waals surface area contributed by atoms with Crippen molar-refractivity contribution in [2.75, 3.05) is 7.11 Å². The summed E-state index contributed by atoms with van der Waals surface area (Å²) in [5.74, 6) is -1.41. The molecule has 2 fully saturated rings. The fraction of sp³-hybridized carbons (Fsp3) is 0.519. The van der Waals surface area contributed by atoms with E-state index < -0.39 is 41.5 Å². The minimum absolute atomic E-state index is 0.00276. The third kappa shape index (κ3) is 5.96. The van der Waals surface area contributed by atoms with Crippen molar-refractivity contribution < 1.29 is 28.2 Å². The first kappa shape index (κ1) is 27.1. The zero-order valence-corrected chi connectivity index (χ0v) is 21.9. The summed E-state index contributed by atoms with van der Waals surface area (Å²) >= 11 is 0. The highest BCUT2D eigenvalue weighted by molar-refractivity contribution is 5.87. The number of nitrogens with one attached hydrogen (secondary N) is 1. The molecular formula is C27H32FN5O5. The van der Waals surface area contributed by atoms with Gasteiger partial charge < -0.3 is 14.8 Å². The standard InChI is InChI=1S/C27H32FN5O5/c1-27(2,3)38-26(36)33-21-8-7-18(10-21)24(33)25(35)31-20(12-29)9-17-6-5-16(11-22(17)28)19-13-30-32(14-19)15-23(34)37-4/h5-6,11,13-14,18,20-21,24H,7-10,15H2,1-4H3,(H,31,35)/t18-,20-,21+,24-/m0/s1. The number of esters is 1. The molecule has 0 unspecified atom stereocenters. The molecule has 0 radical (unpaired) electrons. The van der Waals surface area contributed by atoms with Crippen LogP contribution in [0.5, 0.6) is 0 Å². The van der Waals surface area contributed by atoms with Crippen LogP contribution in [0.4, 0.5) is 9.18 Å². The molecule has 2 aromatic rings. The summed E-state index contributed by atoms with van der Waals surface area (Å²) in [6.07, 6.45) is 4.91. The zero-order chi connectivity index (χ0) is 27.6. The van der Waals surface area contributed by atoms with Crippen LogP contribution >= 0.6 is 0 Å². The number of halogens is 1. The predicted molar refractivity (Wildman–Crippen MR) is 134 cm³/mol. The molecule has 11 heteroatoms. The quantitative estimate of drug-likeness (QED) is 0.550. The second-order valence-corrected chi connectivity index (χ2v) is 10.8. The highest BCUT2D eigenvalue weighted by Crippen LogP contribution is 2.43. The van der Waals surface area contributed by atoms with Crippen molar-refractivity contribution in [1.29, 1.82) is 5.26 Å². The minimum Gasteiger partial charge on any atom is -0.468 e. The summed E-state index contributed by atoms with van der Waals surface area (Å²) in [7, 11) is 1.28. The van der Waals surface area contributed by atoms with Crippen molar-refractivity contribution in [1.82, 2.24) is 20.0 Å². The summed E-state index contributed by atoms with van der Waals surface area (Å²) < 4.78 is 26.5. The summed E-state index contributed by atoms with van der Waals surface area (Å²) in [5, 5.41) is 16.5. The van der Waals surface area contributed by atoms with Crippen LogP contribution in [0.15, 0.2) is 30.6 Å². The van der Waals surface area contributed by atoms with Crippen LogP contribution in [0.1, 0.15) is 45.6 Å². The number of nitrogens with zero attached hydrogens (tertiary/aromatic N) is 4. The molecule has 1 aliphatic heterocycles. The monoisotopic (exact) mass is 525 g/mol. The smallest absolute Gasteiger partial charge is 0.411 e. The number of hydrogen-bond acceptors (Lipinski definition) is 7. The molecule has 1 N–H and O–H groups in total. The van der Waals surface area contributed by atoms with Gasteiger partial charge in [0.15, 0.2) is 0 Å². The maximum Gasteiger partial charge on any atom is 0.411 e. The van der Waals surface area contributed by atoms with E-state index in [1.54, 1.807) is 39.1 Å². The van der Waals surface area contributed by atoms with Crippen LogP contribution in [0, 0.1) is 23.1 Å².